The smallest absolute Gasteiger partial charge is 0.0949 e. The highest BCUT2D eigenvalue weighted by Gasteiger charge is 2.20. The first kappa shape index (κ1) is 12.6. The second-order valence-electron chi connectivity index (χ2n) is 5.12. The number of hydrogen-bond donors (Lipinski definition) is 1. The second kappa shape index (κ2) is 5.65. The van der Waals surface area contributed by atoms with E-state index < -0.39 is 0 Å². The lowest BCUT2D eigenvalue weighted by Gasteiger charge is -2.33. The molecule has 1 aromatic rings. The molecule has 1 fully saturated rings. The van der Waals surface area contributed by atoms with Crippen LogP contribution in [0.1, 0.15) is 44.3 Å². The van der Waals surface area contributed by atoms with Crippen LogP contribution in [0.4, 0.5) is 0 Å². The Morgan fingerprint density at radius 2 is 2.35 bits per heavy atom. The Hall–Kier alpha value is -0.870. The zero-order valence-corrected chi connectivity index (χ0v) is 11.0. The lowest BCUT2D eigenvalue weighted by Crippen LogP contribution is -2.39. The van der Waals surface area contributed by atoms with Gasteiger partial charge in [0.2, 0.25) is 0 Å². The van der Waals surface area contributed by atoms with Crippen molar-refractivity contribution in [2.45, 2.75) is 51.2 Å². The molecule has 1 aromatic heterocycles. The Labute approximate surface area is 104 Å². The van der Waals surface area contributed by atoms with E-state index in [-0.39, 0.29) is 6.04 Å². The summed E-state index contributed by atoms with van der Waals surface area (Å²) in [5.41, 5.74) is 7.28. The van der Waals surface area contributed by atoms with Gasteiger partial charge in [0.05, 0.1) is 12.0 Å². The summed E-state index contributed by atoms with van der Waals surface area (Å²) in [7, 11) is 2.22. The second-order valence-corrected chi connectivity index (χ2v) is 5.12. The van der Waals surface area contributed by atoms with Crippen LogP contribution in [0, 0.1) is 0 Å². The highest BCUT2D eigenvalue weighted by Crippen LogP contribution is 2.19. The van der Waals surface area contributed by atoms with Crippen LogP contribution in [0.3, 0.4) is 0 Å². The van der Waals surface area contributed by atoms with Crippen molar-refractivity contribution in [3.63, 3.8) is 0 Å². The number of likely N-dealkylation sites (tertiary alicyclic amines) is 1. The minimum atomic E-state index is 0.117. The molecule has 2 N–H and O–H groups in total. The van der Waals surface area contributed by atoms with E-state index in [9.17, 15) is 0 Å². The monoisotopic (exact) mass is 236 g/mol. The molecule has 4 heteroatoms. The van der Waals surface area contributed by atoms with Crippen molar-refractivity contribution in [3.05, 3.63) is 18.2 Å². The lowest BCUT2D eigenvalue weighted by atomic mass is 10.0. The topological polar surface area (TPSA) is 47.1 Å². The van der Waals surface area contributed by atoms with Crippen molar-refractivity contribution >= 4 is 0 Å². The predicted octanol–water partition coefficient (Wildman–Crippen LogP) is 1.78. The number of likely N-dealkylation sites (N-methyl/N-ethyl adjacent to an activating group) is 1. The molecular weight excluding hydrogens is 212 g/mol. The first-order chi connectivity index (χ1) is 8.22. The normalized spacial score (nSPS) is 23.8. The maximum Gasteiger partial charge on any atom is 0.0949 e. The van der Waals surface area contributed by atoms with Crippen LogP contribution in [0.2, 0.25) is 0 Å². The standard InChI is InChI=1S/C13H24N4/c1-3-12(14)13-8-15-10-17(13)9-11-6-4-5-7-16(11)2/h8,10-12H,3-7,9,14H2,1-2H3/t11?,12-/m1/s1. The summed E-state index contributed by atoms with van der Waals surface area (Å²) in [5.74, 6) is 0. The molecule has 1 aliphatic heterocycles. The van der Waals surface area contributed by atoms with Crippen LogP contribution >= 0.6 is 0 Å². The molecule has 4 nitrogen and oxygen atoms in total. The lowest BCUT2D eigenvalue weighted by molar-refractivity contribution is 0.166. The Kier molecular flexibility index (Phi) is 4.18. The number of hydrogen-bond acceptors (Lipinski definition) is 3. The SMILES string of the molecule is CC[C@@H](N)c1cncn1CC1CCCCN1C. The minimum absolute atomic E-state index is 0.117. The van der Waals surface area contributed by atoms with Gasteiger partial charge in [0.1, 0.15) is 0 Å². The Morgan fingerprint density at radius 1 is 1.53 bits per heavy atom. The van der Waals surface area contributed by atoms with E-state index in [1.807, 2.05) is 12.5 Å². The van der Waals surface area contributed by atoms with Crippen LogP contribution in [-0.4, -0.2) is 34.1 Å². The summed E-state index contributed by atoms with van der Waals surface area (Å²) >= 11 is 0. The Morgan fingerprint density at radius 3 is 3.06 bits per heavy atom. The number of piperidine rings is 1. The number of rotatable bonds is 4. The maximum absolute atomic E-state index is 6.10. The van der Waals surface area contributed by atoms with Gasteiger partial charge in [-0.1, -0.05) is 13.3 Å². The summed E-state index contributed by atoms with van der Waals surface area (Å²) in [6, 6.07) is 0.757. The van der Waals surface area contributed by atoms with E-state index in [0.29, 0.717) is 6.04 Å². The van der Waals surface area contributed by atoms with Gasteiger partial charge in [0, 0.05) is 24.8 Å². The van der Waals surface area contributed by atoms with E-state index in [4.69, 9.17) is 5.73 Å². The molecule has 2 rings (SSSR count). The van der Waals surface area contributed by atoms with Crippen LogP contribution in [0.5, 0.6) is 0 Å². The average molecular weight is 236 g/mol. The molecule has 2 atom stereocenters. The van der Waals surface area contributed by atoms with Crippen molar-refractivity contribution < 1.29 is 0 Å². The molecule has 1 unspecified atom stereocenters. The van der Waals surface area contributed by atoms with Crippen LogP contribution < -0.4 is 5.73 Å². The van der Waals surface area contributed by atoms with Crippen LogP contribution in [0.15, 0.2) is 12.5 Å². The summed E-state index contributed by atoms with van der Waals surface area (Å²) in [6.45, 7) is 4.36. The van der Waals surface area contributed by atoms with Gasteiger partial charge < -0.3 is 15.2 Å². The van der Waals surface area contributed by atoms with E-state index in [2.05, 4.69) is 28.4 Å². The molecule has 1 saturated heterocycles. The van der Waals surface area contributed by atoms with Crippen molar-refractivity contribution in [1.82, 2.24) is 14.5 Å². The van der Waals surface area contributed by atoms with E-state index in [1.54, 1.807) is 0 Å². The van der Waals surface area contributed by atoms with E-state index >= 15 is 0 Å². The quantitative estimate of drug-likeness (QED) is 0.867. The van der Waals surface area contributed by atoms with E-state index in [0.717, 1.165) is 13.0 Å². The van der Waals surface area contributed by atoms with Gasteiger partial charge >= 0.3 is 0 Å². The van der Waals surface area contributed by atoms with Crippen molar-refractivity contribution in [1.29, 1.82) is 0 Å². The summed E-state index contributed by atoms with van der Waals surface area (Å²) in [6.07, 6.45) is 8.77. The Balaban J connectivity index is 2.05. The van der Waals surface area contributed by atoms with E-state index in [1.165, 1.54) is 31.5 Å². The minimum Gasteiger partial charge on any atom is -0.332 e. The third-order valence-electron chi connectivity index (χ3n) is 3.89. The highest BCUT2D eigenvalue weighted by atomic mass is 15.2. The molecule has 0 aromatic carbocycles. The van der Waals surface area contributed by atoms with Crippen molar-refractivity contribution in [2.75, 3.05) is 13.6 Å². The first-order valence-electron chi connectivity index (χ1n) is 6.68. The van der Waals surface area contributed by atoms with Gasteiger partial charge in [-0.3, -0.25) is 0 Å². The molecule has 0 bridgehead atoms. The molecule has 0 amide bonds. The molecule has 17 heavy (non-hydrogen) atoms. The number of nitrogens with zero attached hydrogens (tertiary/aromatic N) is 3. The molecule has 2 heterocycles. The summed E-state index contributed by atoms with van der Waals surface area (Å²) in [4.78, 5) is 6.71. The molecule has 0 spiro atoms. The largest absolute Gasteiger partial charge is 0.332 e. The van der Waals surface area contributed by atoms with Gasteiger partial charge in [-0.05, 0) is 32.9 Å². The molecule has 0 saturated carbocycles. The fourth-order valence-electron chi connectivity index (χ4n) is 2.60. The maximum atomic E-state index is 6.10. The fourth-order valence-corrected chi connectivity index (χ4v) is 2.60. The molecule has 0 aliphatic carbocycles. The van der Waals surface area contributed by atoms with Crippen LogP contribution in [0.25, 0.3) is 0 Å². The third-order valence-corrected chi connectivity index (χ3v) is 3.89. The predicted molar refractivity (Wildman–Crippen MR) is 69.7 cm³/mol. The fraction of sp³-hybridized carbons (Fsp3) is 0.769. The van der Waals surface area contributed by atoms with Crippen molar-refractivity contribution in [3.8, 4) is 0 Å². The van der Waals surface area contributed by atoms with Gasteiger partial charge in [-0.25, -0.2) is 4.98 Å². The number of imidazole rings is 1. The van der Waals surface area contributed by atoms with Gasteiger partial charge in [-0.15, -0.1) is 0 Å². The summed E-state index contributed by atoms with van der Waals surface area (Å²) < 4.78 is 2.24. The molecule has 0 radical (unpaired) electrons. The highest BCUT2D eigenvalue weighted by molar-refractivity contribution is 5.04. The zero-order valence-electron chi connectivity index (χ0n) is 11.0. The number of aromatic nitrogens is 2. The molecular formula is C13H24N4. The molecule has 1 aliphatic rings. The van der Waals surface area contributed by atoms with Gasteiger partial charge in [-0.2, -0.15) is 0 Å². The Bertz CT molecular complexity index is 347. The first-order valence-corrected chi connectivity index (χ1v) is 6.68. The van der Waals surface area contributed by atoms with Gasteiger partial charge in [0.15, 0.2) is 0 Å². The number of nitrogens with two attached hydrogens (primary N) is 1. The van der Waals surface area contributed by atoms with Crippen molar-refractivity contribution in [2.24, 2.45) is 5.73 Å². The molecule has 96 valence electrons. The van der Waals surface area contributed by atoms with Gasteiger partial charge in [0.25, 0.3) is 0 Å². The zero-order chi connectivity index (χ0) is 12.3. The average Bonchev–Trinajstić information content (AvgIpc) is 2.79. The van der Waals surface area contributed by atoms with Crippen LogP contribution in [-0.2, 0) is 6.54 Å². The summed E-state index contributed by atoms with van der Waals surface area (Å²) in [5, 5.41) is 0. The third kappa shape index (κ3) is 2.87.